The Hall–Kier alpha value is -1.34. The number of carbonyl (C=O) groups is 1. The standard InChI is InChI=1S/C11H10BrNO2/c1-15-11(14)8-3-2-5-9-6-4-7-10(12)13-9/h4,6-7H,3,8H2,1H3. The summed E-state index contributed by atoms with van der Waals surface area (Å²) in [6.07, 6.45) is 0.804. The number of aromatic nitrogens is 1. The molecule has 1 heterocycles. The van der Waals surface area contributed by atoms with Crippen LogP contribution in [0, 0.1) is 11.8 Å². The highest BCUT2D eigenvalue weighted by atomic mass is 79.9. The first-order chi connectivity index (χ1) is 7.22. The molecule has 1 aromatic rings. The molecule has 0 saturated carbocycles. The van der Waals surface area contributed by atoms with Crippen molar-refractivity contribution in [2.24, 2.45) is 0 Å². The average Bonchev–Trinajstić information content (AvgIpc) is 2.24. The Morgan fingerprint density at radius 1 is 1.60 bits per heavy atom. The molecule has 0 saturated heterocycles. The average molecular weight is 268 g/mol. The topological polar surface area (TPSA) is 39.2 Å². The van der Waals surface area contributed by atoms with E-state index in [1.54, 1.807) is 0 Å². The molecule has 4 heteroatoms. The number of pyridine rings is 1. The van der Waals surface area contributed by atoms with Crippen molar-refractivity contribution in [1.82, 2.24) is 4.98 Å². The molecule has 0 spiro atoms. The van der Waals surface area contributed by atoms with Gasteiger partial charge < -0.3 is 4.74 Å². The molecule has 0 fully saturated rings. The minimum absolute atomic E-state index is 0.244. The van der Waals surface area contributed by atoms with E-state index in [4.69, 9.17) is 0 Å². The van der Waals surface area contributed by atoms with E-state index in [2.05, 4.69) is 37.5 Å². The Morgan fingerprint density at radius 3 is 3.07 bits per heavy atom. The smallest absolute Gasteiger partial charge is 0.306 e. The summed E-state index contributed by atoms with van der Waals surface area (Å²) in [5, 5.41) is 0. The quantitative estimate of drug-likeness (QED) is 0.468. The van der Waals surface area contributed by atoms with Crippen LogP contribution in [0.1, 0.15) is 18.5 Å². The predicted octanol–water partition coefficient (Wildman–Crippen LogP) is 2.15. The maximum atomic E-state index is 10.8. The number of ether oxygens (including phenoxy) is 1. The van der Waals surface area contributed by atoms with Crippen molar-refractivity contribution in [2.75, 3.05) is 7.11 Å². The zero-order valence-corrected chi connectivity index (χ0v) is 9.87. The zero-order valence-electron chi connectivity index (χ0n) is 8.29. The largest absolute Gasteiger partial charge is 0.469 e. The Morgan fingerprint density at radius 2 is 2.40 bits per heavy atom. The highest BCUT2D eigenvalue weighted by Gasteiger charge is 1.96. The van der Waals surface area contributed by atoms with Crippen LogP contribution in [-0.2, 0) is 9.53 Å². The van der Waals surface area contributed by atoms with Gasteiger partial charge in [-0.25, -0.2) is 4.98 Å². The van der Waals surface area contributed by atoms with Crippen molar-refractivity contribution in [1.29, 1.82) is 0 Å². The van der Waals surface area contributed by atoms with E-state index in [0.29, 0.717) is 18.5 Å². The molecule has 0 aromatic carbocycles. The van der Waals surface area contributed by atoms with Crippen LogP contribution in [0.5, 0.6) is 0 Å². The van der Waals surface area contributed by atoms with Gasteiger partial charge in [0.15, 0.2) is 0 Å². The summed E-state index contributed by atoms with van der Waals surface area (Å²) < 4.78 is 5.24. The van der Waals surface area contributed by atoms with Crippen LogP contribution < -0.4 is 0 Å². The lowest BCUT2D eigenvalue weighted by Crippen LogP contribution is -1.98. The van der Waals surface area contributed by atoms with Gasteiger partial charge in [0.1, 0.15) is 10.3 Å². The molecule has 1 rings (SSSR count). The number of nitrogens with zero attached hydrogens (tertiary/aromatic N) is 1. The van der Waals surface area contributed by atoms with Crippen molar-refractivity contribution in [2.45, 2.75) is 12.8 Å². The third-order valence-electron chi connectivity index (χ3n) is 1.61. The van der Waals surface area contributed by atoms with E-state index in [9.17, 15) is 4.79 Å². The molecule has 0 radical (unpaired) electrons. The van der Waals surface area contributed by atoms with Gasteiger partial charge >= 0.3 is 5.97 Å². The summed E-state index contributed by atoms with van der Waals surface area (Å²) >= 11 is 3.25. The van der Waals surface area contributed by atoms with E-state index in [0.717, 1.165) is 4.60 Å². The minimum atomic E-state index is -0.244. The van der Waals surface area contributed by atoms with Gasteiger partial charge in [-0.3, -0.25) is 4.79 Å². The number of methoxy groups -OCH3 is 1. The first kappa shape index (κ1) is 11.7. The van der Waals surface area contributed by atoms with Crippen LogP contribution in [-0.4, -0.2) is 18.1 Å². The number of carbonyl (C=O) groups excluding carboxylic acids is 1. The summed E-state index contributed by atoms with van der Waals surface area (Å²) in [4.78, 5) is 14.9. The molecule has 0 amide bonds. The molecule has 3 nitrogen and oxygen atoms in total. The third-order valence-corrected chi connectivity index (χ3v) is 2.06. The Labute approximate surface area is 97.0 Å². The normalized spacial score (nSPS) is 8.93. The van der Waals surface area contributed by atoms with Gasteiger partial charge in [-0.1, -0.05) is 12.0 Å². The van der Waals surface area contributed by atoms with Crippen LogP contribution in [0.15, 0.2) is 22.8 Å². The van der Waals surface area contributed by atoms with E-state index in [-0.39, 0.29) is 5.97 Å². The Bertz CT molecular complexity index is 407. The fourth-order valence-electron chi connectivity index (χ4n) is 0.898. The SMILES string of the molecule is COC(=O)CCC#Cc1cccc(Br)n1. The highest BCUT2D eigenvalue weighted by Crippen LogP contribution is 2.05. The predicted molar refractivity (Wildman–Crippen MR) is 60.1 cm³/mol. The number of esters is 1. The van der Waals surface area contributed by atoms with Gasteiger partial charge in [0.05, 0.1) is 13.5 Å². The first-order valence-corrected chi connectivity index (χ1v) is 5.20. The van der Waals surface area contributed by atoms with Crippen LogP contribution in [0.2, 0.25) is 0 Å². The molecule has 78 valence electrons. The molecule has 0 aliphatic rings. The van der Waals surface area contributed by atoms with Gasteiger partial charge in [0, 0.05) is 6.42 Å². The van der Waals surface area contributed by atoms with E-state index in [1.165, 1.54) is 7.11 Å². The van der Waals surface area contributed by atoms with Crippen molar-refractivity contribution in [3.63, 3.8) is 0 Å². The molecular formula is C11H10BrNO2. The lowest BCUT2D eigenvalue weighted by molar-refractivity contribution is -0.140. The lowest BCUT2D eigenvalue weighted by atomic mass is 10.3. The molecule has 0 atom stereocenters. The second kappa shape index (κ2) is 6.20. The van der Waals surface area contributed by atoms with Gasteiger partial charge in [0.2, 0.25) is 0 Å². The maximum Gasteiger partial charge on any atom is 0.306 e. The highest BCUT2D eigenvalue weighted by molar-refractivity contribution is 9.10. The van der Waals surface area contributed by atoms with Crippen LogP contribution in [0.25, 0.3) is 0 Å². The number of hydrogen-bond acceptors (Lipinski definition) is 3. The first-order valence-electron chi connectivity index (χ1n) is 4.40. The second-order valence-corrected chi connectivity index (χ2v) is 3.54. The summed E-state index contributed by atoms with van der Waals surface area (Å²) in [7, 11) is 1.37. The van der Waals surface area contributed by atoms with E-state index in [1.807, 2.05) is 18.2 Å². The molecule has 0 unspecified atom stereocenters. The molecule has 0 aliphatic heterocycles. The fourth-order valence-corrected chi connectivity index (χ4v) is 1.24. The summed E-state index contributed by atoms with van der Waals surface area (Å²) in [6, 6.07) is 5.51. The molecule has 0 N–H and O–H groups in total. The molecule has 1 aromatic heterocycles. The molecule has 15 heavy (non-hydrogen) atoms. The van der Waals surface area contributed by atoms with Crippen molar-refractivity contribution in [3.8, 4) is 11.8 Å². The lowest BCUT2D eigenvalue weighted by Gasteiger charge is -1.92. The maximum absolute atomic E-state index is 10.8. The monoisotopic (exact) mass is 267 g/mol. The summed E-state index contributed by atoms with van der Waals surface area (Å²) in [6.45, 7) is 0. The number of halogens is 1. The zero-order chi connectivity index (χ0) is 11.1. The summed E-state index contributed by atoms with van der Waals surface area (Å²) in [5.74, 6) is 5.48. The van der Waals surface area contributed by atoms with Crippen molar-refractivity contribution >= 4 is 21.9 Å². The minimum Gasteiger partial charge on any atom is -0.469 e. The van der Waals surface area contributed by atoms with Crippen LogP contribution >= 0.6 is 15.9 Å². The van der Waals surface area contributed by atoms with Gasteiger partial charge in [-0.2, -0.15) is 0 Å². The third kappa shape index (κ3) is 4.61. The Balaban J connectivity index is 2.48. The second-order valence-electron chi connectivity index (χ2n) is 2.72. The molecule has 0 bridgehead atoms. The molecular weight excluding hydrogens is 258 g/mol. The van der Waals surface area contributed by atoms with E-state index >= 15 is 0 Å². The number of rotatable bonds is 2. The van der Waals surface area contributed by atoms with Gasteiger partial charge in [-0.15, -0.1) is 0 Å². The fraction of sp³-hybridized carbons (Fsp3) is 0.273. The molecule has 0 aliphatic carbocycles. The van der Waals surface area contributed by atoms with Crippen LogP contribution in [0.4, 0.5) is 0 Å². The number of hydrogen-bond donors (Lipinski definition) is 0. The van der Waals surface area contributed by atoms with E-state index < -0.39 is 0 Å². The van der Waals surface area contributed by atoms with Crippen molar-refractivity contribution in [3.05, 3.63) is 28.5 Å². The van der Waals surface area contributed by atoms with Crippen LogP contribution in [0.3, 0.4) is 0 Å². The van der Waals surface area contributed by atoms with Crippen molar-refractivity contribution < 1.29 is 9.53 Å². The van der Waals surface area contributed by atoms with Gasteiger partial charge in [-0.05, 0) is 34.0 Å². The van der Waals surface area contributed by atoms with Gasteiger partial charge in [0.25, 0.3) is 0 Å². The summed E-state index contributed by atoms with van der Waals surface area (Å²) in [5.41, 5.74) is 0.689. The Kier molecular flexibility index (Phi) is 4.85.